The molecule has 4 aromatic rings. The molecule has 266 valence electrons. The fraction of sp³-hybridized carbons (Fsp3) is 0.297. The van der Waals surface area contributed by atoms with Crippen LogP contribution in [0.25, 0.3) is 0 Å². The highest BCUT2D eigenvalue weighted by molar-refractivity contribution is 7.92. The highest BCUT2D eigenvalue weighted by Gasteiger charge is 2.36. The van der Waals surface area contributed by atoms with Gasteiger partial charge in [0.25, 0.3) is 10.0 Å². The van der Waals surface area contributed by atoms with Crippen LogP contribution in [0.15, 0.2) is 95.9 Å². The molecule has 2 amide bonds. The molecule has 0 bridgehead atoms. The van der Waals surface area contributed by atoms with Crippen LogP contribution in [-0.4, -0.2) is 65.1 Å². The predicted octanol–water partition coefficient (Wildman–Crippen LogP) is 6.77. The molecule has 0 heterocycles. The largest absolute Gasteiger partial charge is 0.495 e. The first-order chi connectivity index (χ1) is 23.9. The zero-order valence-electron chi connectivity index (χ0n) is 28.6. The molecule has 0 aromatic heterocycles. The van der Waals surface area contributed by atoms with Crippen molar-refractivity contribution in [1.82, 2.24) is 10.2 Å². The van der Waals surface area contributed by atoms with Crippen molar-refractivity contribution in [2.45, 2.75) is 50.2 Å². The maximum Gasteiger partial charge on any atom is 0.265 e. The second-order valence-corrected chi connectivity index (χ2v) is 14.2. The van der Waals surface area contributed by atoms with E-state index < -0.39 is 34.4 Å². The third-order valence-electron chi connectivity index (χ3n) is 8.20. The fourth-order valence-electron chi connectivity index (χ4n) is 5.28. The first-order valence-electron chi connectivity index (χ1n) is 15.9. The number of ether oxygens (including phenoxy) is 3. The number of benzene rings is 4. The third-order valence-corrected chi connectivity index (χ3v) is 10.6. The molecular formula is C37H41Cl2N3O7S. The maximum absolute atomic E-state index is 14.8. The normalized spacial score (nSPS) is 12.4. The Kier molecular flexibility index (Phi) is 13.4. The van der Waals surface area contributed by atoms with E-state index >= 15 is 0 Å². The average molecular weight is 743 g/mol. The predicted molar refractivity (Wildman–Crippen MR) is 196 cm³/mol. The summed E-state index contributed by atoms with van der Waals surface area (Å²) in [5, 5.41) is 3.61. The second-order valence-electron chi connectivity index (χ2n) is 11.5. The van der Waals surface area contributed by atoms with Gasteiger partial charge in [0.1, 0.15) is 18.3 Å². The van der Waals surface area contributed by atoms with Crippen LogP contribution in [0.5, 0.6) is 17.2 Å². The molecule has 2 unspecified atom stereocenters. The molecule has 0 spiro atoms. The Hall–Kier alpha value is -4.45. The standard InChI is InChI=1S/C37H41Cl2N3O7S/c1-6-25(2)40-37(44)32(20-26-12-8-7-9-13-26)41(23-27-14-10-11-15-30(27)39)36(43)24-42(31-21-28(38)16-18-33(31)47-3)50(45,46)29-17-19-34(48-4)35(22-29)49-5/h7-19,21-22,25,32H,6,20,23-24H2,1-5H3,(H,40,44). The Bertz CT molecular complexity index is 1890. The summed E-state index contributed by atoms with van der Waals surface area (Å²) in [6.07, 6.45) is 0.816. The van der Waals surface area contributed by atoms with E-state index in [0.29, 0.717) is 22.8 Å². The minimum atomic E-state index is -4.51. The van der Waals surface area contributed by atoms with Crippen molar-refractivity contribution < 1.29 is 32.2 Å². The van der Waals surface area contributed by atoms with E-state index in [4.69, 9.17) is 37.4 Å². The molecule has 4 rings (SSSR count). The molecule has 4 aromatic carbocycles. The van der Waals surface area contributed by atoms with Crippen molar-refractivity contribution in [2.24, 2.45) is 0 Å². The number of anilines is 1. The Balaban J connectivity index is 1.89. The number of methoxy groups -OCH3 is 3. The molecule has 0 saturated heterocycles. The SMILES string of the molecule is CCC(C)NC(=O)C(Cc1ccccc1)N(Cc1ccccc1Cl)C(=O)CN(c1cc(Cl)ccc1OC)S(=O)(=O)c1ccc(OC)c(OC)c1. The van der Waals surface area contributed by atoms with E-state index in [0.717, 1.165) is 9.87 Å². The number of nitrogens with zero attached hydrogens (tertiary/aromatic N) is 2. The fourth-order valence-corrected chi connectivity index (χ4v) is 7.08. The van der Waals surface area contributed by atoms with Crippen LogP contribution in [0.3, 0.4) is 0 Å². The van der Waals surface area contributed by atoms with Crippen LogP contribution >= 0.6 is 23.2 Å². The van der Waals surface area contributed by atoms with Gasteiger partial charge in [-0.05, 0) is 60.9 Å². The summed E-state index contributed by atoms with van der Waals surface area (Å²) in [6, 6.07) is 23.6. The highest BCUT2D eigenvalue weighted by atomic mass is 35.5. The van der Waals surface area contributed by atoms with Gasteiger partial charge in [-0.25, -0.2) is 8.42 Å². The quantitative estimate of drug-likeness (QED) is 0.135. The lowest BCUT2D eigenvalue weighted by Crippen LogP contribution is -2.54. The number of halogens is 2. The summed E-state index contributed by atoms with van der Waals surface area (Å²) >= 11 is 13.0. The van der Waals surface area contributed by atoms with Gasteiger partial charge in [-0.3, -0.25) is 13.9 Å². The zero-order chi connectivity index (χ0) is 36.4. The number of carbonyl (C=O) groups is 2. The van der Waals surface area contributed by atoms with Crippen molar-refractivity contribution in [3.8, 4) is 17.2 Å². The van der Waals surface area contributed by atoms with Crippen LogP contribution in [0.2, 0.25) is 10.0 Å². The van der Waals surface area contributed by atoms with Crippen molar-refractivity contribution in [3.63, 3.8) is 0 Å². The van der Waals surface area contributed by atoms with Gasteiger partial charge >= 0.3 is 0 Å². The lowest BCUT2D eigenvalue weighted by Gasteiger charge is -2.34. The number of sulfonamides is 1. The molecule has 10 nitrogen and oxygen atoms in total. The number of nitrogens with one attached hydrogen (secondary N) is 1. The van der Waals surface area contributed by atoms with Crippen molar-refractivity contribution in [3.05, 3.63) is 112 Å². The highest BCUT2D eigenvalue weighted by Crippen LogP contribution is 2.37. The Morgan fingerprint density at radius 2 is 1.46 bits per heavy atom. The van der Waals surface area contributed by atoms with Crippen LogP contribution < -0.4 is 23.8 Å². The van der Waals surface area contributed by atoms with Crippen molar-refractivity contribution in [1.29, 1.82) is 0 Å². The molecule has 1 N–H and O–H groups in total. The van der Waals surface area contributed by atoms with E-state index in [1.54, 1.807) is 30.3 Å². The van der Waals surface area contributed by atoms with Gasteiger partial charge in [-0.1, -0.05) is 78.7 Å². The van der Waals surface area contributed by atoms with E-state index in [9.17, 15) is 18.0 Å². The Morgan fingerprint density at radius 1 is 0.820 bits per heavy atom. The summed E-state index contributed by atoms with van der Waals surface area (Å²) in [6.45, 7) is 3.01. The number of hydrogen-bond acceptors (Lipinski definition) is 7. The molecule has 0 fully saturated rings. The molecular weight excluding hydrogens is 701 g/mol. The lowest BCUT2D eigenvalue weighted by atomic mass is 10.0. The minimum Gasteiger partial charge on any atom is -0.495 e. The number of rotatable bonds is 16. The van der Waals surface area contributed by atoms with Crippen LogP contribution in [0.1, 0.15) is 31.4 Å². The van der Waals surface area contributed by atoms with Gasteiger partial charge in [0.2, 0.25) is 11.8 Å². The van der Waals surface area contributed by atoms with Crippen LogP contribution in [0, 0.1) is 0 Å². The Labute approximate surface area is 303 Å². The molecule has 0 aliphatic carbocycles. The average Bonchev–Trinajstić information content (AvgIpc) is 3.12. The summed E-state index contributed by atoms with van der Waals surface area (Å²) < 4.78 is 46.4. The van der Waals surface area contributed by atoms with Gasteiger partial charge in [-0.2, -0.15) is 0 Å². The van der Waals surface area contributed by atoms with E-state index in [1.807, 2.05) is 44.2 Å². The second kappa shape index (κ2) is 17.5. The third kappa shape index (κ3) is 9.21. The molecule has 0 aliphatic heterocycles. The topological polar surface area (TPSA) is 114 Å². The van der Waals surface area contributed by atoms with E-state index in [2.05, 4.69) is 5.32 Å². The van der Waals surface area contributed by atoms with Crippen LogP contribution in [0.4, 0.5) is 5.69 Å². The first-order valence-corrected chi connectivity index (χ1v) is 18.1. The number of carbonyl (C=O) groups excluding carboxylic acids is 2. The summed E-state index contributed by atoms with van der Waals surface area (Å²) in [5.41, 5.74) is 1.40. The van der Waals surface area contributed by atoms with Gasteiger partial charge in [0.15, 0.2) is 11.5 Å². The van der Waals surface area contributed by atoms with Gasteiger partial charge < -0.3 is 24.4 Å². The summed E-state index contributed by atoms with van der Waals surface area (Å²) in [7, 11) is -0.306. The lowest BCUT2D eigenvalue weighted by molar-refractivity contribution is -0.140. The summed E-state index contributed by atoms with van der Waals surface area (Å²) in [5.74, 6) is -0.423. The molecule has 0 saturated carbocycles. The number of hydrogen-bond donors (Lipinski definition) is 1. The van der Waals surface area contributed by atoms with Gasteiger partial charge in [0.05, 0.1) is 31.9 Å². The molecule has 0 aliphatic rings. The van der Waals surface area contributed by atoms with E-state index in [1.165, 1.54) is 56.6 Å². The zero-order valence-corrected chi connectivity index (χ0v) is 30.9. The minimum absolute atomic E-state index is 0.0181. The van der Waals surface area contributed by atoms with E-state index in [-0.39, 0.29) is 46.1 Å². The maximum atomic E-state index is 14.8. The van der Waals surface area contributed by atoms with Crippen LogP contribution in [-0.2, 0) is 32.6 Å². The monoisotopic (exact) mass is 741 g/mol. The van der Waals surface area contributed by atoms with Crippen molar-refractivity contribution in [2.75, 3.05) is 32.2 Å². The first kappa shape index (κ1) is 38.4. The Morgan fingerprint density at radius 3 is 2.10 bits per heavy atom. The molecule has 50 heavy (non-hydrogen) atoms. The van der Waals surface area contributed by atoms with Gasteiger partial charge in [0, 0.05) is 35.1 Å². The molecule has 13 heteroatoms. The molecule has 2 atom stereocenters. The smallest absolute Gasteiger partial charge is 0.265 e. The molecule has 0 radical (unpaired) electrons. The summed E-state index contributed by atoms with van der Waals surface area (Å²) in [4.78, 5) is 30.0. The van der Waals surface area contributed by atoms with Crippen molar-refractivity contribution >= 4 is 50.7 Å². The number of amides is 2. The van der Waals surface area contributed by atoms with Gasteiger partial charge in [-0.15, -0.1) is 0 Å².